The van der Waals surface area contributed by atoms with Crippen molar-refractivity contribution in [1.29, 1.82) is 0 Å². The maximum absolute atomic E-state index is 11.5. The fourth-order valence-electron chi connectivity index (χ4n) is 1.42. The minimum atomic E-state index is -1.37. The number of rotatable bonds is 7. The zero-order chi connectivity index (χ0) is 15.1. The van der Waals surface area contributed by atoms with Crippen molar-refractivity contribution < 1.29 is 29.0 Å². The molecule has 0 radical (unpaired) electrons. The Labute approximate surface area is 114 Å². The van der Waals surface area contributed by atoms with Gasteiger partial charge in [0, 0.05) is 13.0 Å². The highest BCUT2D eigenvalue weighted by molar-refractivity contribution is 5.91. The molecule has 0 aliphatic heterocycles. The van der Waals surface area contributed by atoms with Gasteiger partial charge in [0.25, 0.3) is 5.91 Å². The third kappa shape index (κ3) is 4.73. The lowest BCUT2D eigenvalue weighted by molar-refractivity contribution is -0.144. The summed E-state index contributed by atoms with van der Waals surface area (Å²) >= 11 is 0. The van der Waals surface area contributed by atoms with Crippen molar-refractivity contribution in [1.82, 2.24) is 10.6 Å². The average Bonchev–Trinajstić information content (AvgIpc) is 2.88. The SMILES string of the molecule is C[C@@H](O)[C@H](NC(=O)CCNC(=O)c1ccco1)C(=O)O. The van der Waals surface area contributed by atoms with E-state index in [0.29, 0.717) is 0 Å². The molecule has 8 nitrogen and oxygen atoms in total. The number of carboxylic acids is 1. The van der Waals surface area contributed by atoms with Crippen LogP contribution in [0, 0.1) is 0 Å². The first-order valence-corrected chi connectivity index (χ1v) is 5.93. The van der Waals surface area contributed by atoms with Crippen LogP contribution in [0.4, 0.5) is 0 Å². The van der Waals surface area contributed by atoms with Gasteiger partial charge >= 0.3 is 5.97 Å². The maximum Gasteiger partial charge on any atom is 0.328 e. The van der Waals surface area contributed by atoms with Gasteiger partial charge in [0.05, 0.1) is 12.4 Å². The largest absolute Gasteiger partial charge is 0.480 e. The molecule has 0 saturated carbocycles. The summed E-state index contributed by atoms with van der Waals surface area (Å²) in [4.78, 5) is 33.7. The van der Waals surface area contributed by atoms with Gasteiger partial charge in [0.15, 0.2) is 11.8 Å². The second kappa shape index (κ2) is 7.29. The first-order chi connectivity index (χ1) is 9.41. The standard InChI is InChI=1S/C12H16N2O6/c1-7(15)10(12(18)19)14-9(16)4-5-13-11(17)8-3-2-6-20-8/h2-3,6-7,10,15H,4-5H2,1H3,(H,13,17)(H,14,16)(H,18,19)/t7-,10+/m1/s1. The number of aliphatic hydroxyl groups excluding tert-OH is 1. The summed E-state index contributed by atoms with van der Waals surface area (Å²) in [5.74, 6) is -2.25. The lowest BCUT2D eigenvalue weighted by Gasteiger charge is -2.16. The van der Waals surface area contributed by atoms with E-state index in [-0.39, 0.29) is 18.7 Å². The Hall–Kier alpha value is -2.35. The fraction of sp³-hybridized carbons (Fsp3) is 0.417. The number of aliphatic carboxylic acids is 1. The zero-order valence-electron chi connectivity index (χ0n) is 10.8. The summed E-state index contributed by atoms with van der Waals surface area (Å²) in [6, 6.07) is 1.66. The Morgan fingerprint density at radius 3 is 2.60 bits per heavy atom. The minimum Gasteiger partial charge on any atom is -0.480 e. The van der Waals surface area contributed by atoms with Crippen LogP contribution in [0.15, 0.2) is 22.8 Å². The number of hydrogen-bond donors (Lipinski definition) is 4. The summed E-state index contributed by atoms with van der Waals surface area (Å²) < 4.78 is 4.86. The molecule has 0 unspecified atom stereocenters. The predicted octanol–water partition coefficient (Wildman–Crippen LogP) is -0.650. The van der Waals surface area contributed by atoms with Gasteiger partial charge in [0.1, 0.15) is 0 Å². The molecule has 20 heavy (non-hydrogen) atoms. The number of carboxylic acid groups (broad SMARTS) is 1. The molecule has 1 rings (SSSR count). The lowest BCUT2D eigenvalue weighted by Crippen LogP contribution is -2.48. The molecule has 0 aliphatic carbocycles. The summed E-state index contributed by atoms with van der Waals surface area (Å²) in [5, 5.41) is 22.6. The molecule has 2 atom stereocenters. The highest BCUT2D eigenvalue weighted by atomic mass is 16.4. The number of carbonyl (C=O) groups excluding carboxylic acids is 2. The Balaban J connectivity index is 2.33. The van der Waals surface area contributed by atoms with Gasteiger partial charge < -0.3 is 25.3 Å². The highest BCUT2D eigenvalue weighted by Gasteiger charge is 2.24. The molecule has 4 N–H and O–H groups in total. The first-order valence-electron chi connectivity index (χ1n) is 5.93. The van der Waals surface area contributed by atoms with Gasteiger partial charge in [-0.05, 0) is 19.1 Å². The van der Waals surface area contributed by atoms with Crippen LogP contribution < -0.4 is 10.6 Å². The maximum atomic E-state index is 11.5. The Morgan fingerprint density at radius 2 is 2.10 bits per heavy atom. The summed E-state index contributed by atoms with van der Waals surface area (Å²) in [6.45, 7) is 1.29. The van der Waals surface area contributed by atoms with Crippen molar-refractivity contribution in [2.45, 2.75) is 25.5 Å². The van der Waals surface area contributed by atoms with Crippen LogP contribution in [0.2, 0.25) is 0 Å². The number of hydrogen-bond acceptors (Lipinski definition) is 5. The predicted molar refractivity (Wildman–Crippen MR) is 66.9 cm³/mol. The van der Waals surface area contributed by atoms with E-state index < -0.39 is 29.9 Å². The van der Waals surface area contributed by atoms with E-state index in [2.05, 4.69) is 10.6 Å². The molecule has 0 aromatic carbocycles. The molecule has 0 aliphatic rings. The van der Waals surface area contributed by atoms with Crippen LogP contribution in [-0.2, 0) is 9.59 Å². The van der Waals surface area contributed by atoms with Crippen LogP contribution in [0.25, 0.3) is 0 Å². The summed E-state index contributed by atoms with van der Waals surface area (Å²) in [7, 11) is 0. The molecular formula is C12H16N2O6. The summed E-state index contributed by atoms with van der Waals surface area (Å²) in [5.41, 5.74) is 0. The van der Waals surface area contributed by atoms with E-state index in [1.54, 1.807) is 6.07 Å². The molecule has 0 spiro atoms. The molecule has 110 valence electrons. The highest BCUT2D eigenvalue weighted by Crippen LogP contribution is 1.99. The van der Waals surface area contributed by atoms with E-state index in [9.17, 15) is 19.5 Å². The number of carbonyl (C=O) groups is 3. The van der Waals surface area contributed by atoms with E-state index in [4.69, 9.17) is 9.52 Å². The zero-order valence-corrected chi connectivity index (χ0v) is 10.8. The minimum absolute atomic E-state index is 0.0253. The quantitative estimate of drug-likeness (QED) is 0.526. The van der Waals surface area contributed by atoms with Crippen LogP contribution in [0.5, 0.6) is 0 Å². The van der Waals surface area contributed by atoms with Crippen molar-refractivity contribution in [2.75, 3.05) is 6.54 Å². The van der Waals surface area contributed by atoms with Crippen molar-refractivity contribution >= 4 is 17.8 Å². The fourth-order valence-corrected chi connectivity index (χ4v) is 1.42. The van der Waals surface area contributed by atoms with Crippen molar-refractivity contribution in [3.05, 3.63) is 24.2 Å². The number of amides is 2. The lowest BCUT2D eigenvalue weighted by atomic mass is 10.2. The molecule has 8 heteroatoms. The monoisotopic (exact) mass is 284 g/mol. The second-order valence-corrected chi connectivity index (χ2v) is 4.11. The molecule has 2 amide bonds. The van der Waals surface area contributed by atoms with Gasteiger partial charge in [-0.25, -0.2) is 4.79 Å². The van der Waals surface area contributed by atoms with Crippen molar-refractivity contribution in [3.8, 4) is 0 Å². The Kier molecular flexibility index (Phi) is 5.73. The molecule has 0 fully saturated rings. The van der Waals surface area contributed by atoms with Crippen molar-refractivity contribution in [3.63, 3.8) is 0 Å². The van der Waals surface area contributed by atoms with Crippen LogP contribution in [0.1, 0.15) is 23.9 Å². The normalized spacial score (nSPS) is 13.3. The van der Waals surface area contributed by atoms with E-state index in [0.717, 1.165) is 0 Å². The second-order valence-electron chi connectivity index (χ2n) is 4.11. The van der Waals surface area contributed by atoms with Crippen molar-refractivity contribution in [2.24, 2.45) is 0 Å². The van der Waals surface area contributed by atoms with Gasteiger partial charge in [-0.15, -0.1) is 0 Å². The molecule has 0 bridgehead atoms. The third-order valence-electron chi connectivity index (χ3n) is 2.45. The number of nitrogens with one attached hydrogen (secondary N) is 2. The van der Waals surface area contributed by atoms with Gasteiger partial charge in [-0.2, -0.15) is 0 Å². The smallest absolute Gasteiger partial charge is 0.328 e. The van der Waals surface area contributed by atoms with E-state index >= 15 is 0 Å². The van der Waals surface area contributed by atoms with E-state index in [1.807, 2.05) is 0 Å². The molecule has 0 saturated heterocycles. The number of furan rings is 1. The van der Waals surface area contributed by atoms with Crippen LogP contribution in [0.3, 0.4) is 0 Å². The Bertz CT molecular complexity index is 468. The topological polar surface area (TPSA) is 129 Å². The van der Waals surface area contributed by atoms with Gasteiger partial charge in [-0.1, -0.05) is 0 Å². The van der Waals surface area contributed by atoms with Crippen LogP contribution >= 0.6 is 0 Å². The Morgan fingerprint density at radius 1 is 1.40 bits per heavy atom. The number of aliphatic hydroxyl groups is 1. The third-order valence-corrected chi connectivity index (χ3v) is 2.45. The molecule has 1 aromatic heterocycles. The van der Waals surface area contributed by atoms with Gasteiger partial charge in [-0.3, -0.25) is 9.59 Å². The van der Waals surface area contributed by atoms with Crippen LogP contribution in [-0.4, -0.2) is 46.7 Å². The first kappa shape index (κ1) is 15.7. The molecular weight excluding hydrogens is 268 g/mol. The van der Waals surface area contributed by atoms with Gasteiger partial charge in [0.2, 0.25) is 5.91 Å². The molecule has 1 heterocycles. The van der Waals surface area contributed by atoms with E-state index in [1.165, 1.54) is 19.3 Å². The molecule has 1 aromatic rings. The average molecular weight is 284 g/mol. The summed E-state index contributed by atoms with van der Waals surface area (Å²) in [6.07, 6.45) is 0.0270.